The Morgan fingerprint density at radius 1 is 1.43 bits per heavy atom. The summed E-state index contributed by atoms with van der Waals surface area (Å²) < 4.78 is 14.1. The third kappa shape index (κ3) is 4.76. The molecule has 1 saturated heterocycles. The zero-order valence-electron chi connectivity index (χ0n) is 13.6. The molecule has 0 spiro atoms. The molecule has 2 amide bonds. The van der Waals surface area contributed by atoms with Crippen molar-refractivity contribution in [3.63, 3.8) is 0 Å². The van der Waals surface area contributed by atoms with E-state index in [0.717, 1.165) is 12.8 Å². The quantitative estimate of drug-likeness (QED) is 0.894. The van der Waals surface area contributed by atoms with Gasteiger partial charge in [-0.3, -0.25) is 9.59 Å². The van der Waals surface area contributed by atoms with E-state index in [2.05, 4.69) is 5.32 Å². The molecule has 1 fully saturated rings. The van der Waals surface area contributed by atoms with Crippen molar-refractivity contribution in [3.8, 4) is 0 Å². The average Bonchev–Trinajstić information content (AvgIpc) is 2.47. The van der Waals surface area contributed by atoms with Gasteiger partial charge in [-0.15, -0.1) is 0 Å². The van der Waals surface area contributed by atoms with Crippen LogP contribution in [0.1, 0.15) is 43.5 Å². The second-order valence-corrected chi connectivity index (χ2v) is 6.49. The minimum atomic E-state index is -0.603. The molecule has 1 atom stereocenters. The standard InChI is InChI=1S/C17H24FN3O2/c1-11(2)8-16(22)20-15-6-5-12(9-14(15)18)17(23)21-7-3-4-13(19)10-21/h5-6,9,11,13H,3-4,7-8,10,19H2,1-2H3,(H,20,22). The molecule has 0 aromatic heterocycles. The van der Waals surface area contributed by atoms with E-state index in [1.807, 2.05) is 13.8 Å². The Morgan fingerprint density at radius 3 is 2.78 bits per heavy atom. The Morgan fingerprint density at radius 2 is 2.17 bits per heavy atom. The van der Waals surface area contributed by atoms with Gasteiger partial charge in [-0.2, -0.15) is 0 Å². The van der Waals surface area contributed by atoms with Gasteiger partial charge < -0.3 is 16.0 Å². The molecule has 3 N–H and O–H groups in total. The van der Waals surface area contributed by atoms with Crippen LogP contribution in [0.4, 0.5) is 10.1 Å². The Balaban J connectivity index is 2.06. The number of benzene rings is 1. The number of nitrogens with two attached hydrogens (primary N) is 1. The molecule has 1 aromatic rings. The fourth-order valence-corrected chi connectivity index (χ4v) is 2.70. The molecule has 0 saturated carbocycles. The highest BCUT2D eigenvalue weighted by Crippen LogP contribution is 2.19. The number of piperidine rings is 1. The number of halogens is 1. The third-order valence-corrected chi connectivity index (χ3v) is 3.83. The van der Waals surface area contributed by atoms with Crippen molar-refractivity contribution in [3.05, 3.63) is 29.6 Å². The zero-order valence-corrected chi connectivity index (χ0v) is 13.6. The first-order valence-electron chi connectivity index (χ1n) is 8.01. The van der Waals surface area contributed by atoms with Crippen molar-refractivity contribution in [1.82, 2.24) is 4.90 Å². The Bertz CT molecular complexity index is 589. The lowest BCUT2D eigenvalue weighted by Gasteiger charge is -2.30. The highest BCUT2D eigenvalue weighted by molar-refractivity contribution is 5.96. The van der Waals surface area contributed by atoms with Crippen LogP contribution in [0.15, 0.2) is 18.2 Å². The van der Waals surface area contributed by atoms with Gasteiger partial charge in [0.1, 0.15) is 5.82 Å². The number of carbonyl (C=O) groups is 2. The summed E-state index contributed by atoms with van der Waals surface area (Å²) in [7, 11) is 0. The van der Waals surface area contributed by atoms with E-state index in [0.29, 0.717) is 19.5 Å². The predicted molar refractivity (Wildman–Crippen MR) is 87.6 cm³/mol. The SMILES string of the molecule is CC(C)CC(=O)Nc1ccc(C(=O)N2CCCC(N)C2)cc1F. The summed E-state index contributed by atoms with van der Waals surface area (Å²) in [6, 6.07) is 4.13. The van der Waals surface area contributed by atoms with Gasteiger partial charge in [-0.1, -0.05) is 13.8 Å². The van der Waals surface area contributed by atoms with E-state index in [1.54, 1.807) is 4.90 Å². The minimum absolute atomic E-state index is 0.0212. The lowest BCUT2D eigenvalue weighted by Crippen LogP contribution is -2.45. The fraction of sp³-hybridized carbons (Fsp3) is 0.529. The summed E-state index contributed by atoms with van der Waals surface area (Å²) >= 11 is 0. The van der Waals surface area contributed by atoms with E-state index >= 15 is 0 Å². The molecular formula is C17H24FN3O2. The molecule has 1 aliphatic rings. The maximum atomic E-state index is 14.1. The van der Waals surface area contributed by atoms with Crippen LogP contribution in [-0.2, 0) is 4.79 Å². The Kier molecular flexibility index (Phi) is 5.71. The molecule has 1 aliphatic heterocycles. The number of hydrogen-bond acceptors (Lipinski definition) is 3. The van der Waals surface area contributed by atoms with Gasteiger partial charge in [0.25, 0.3) is 5.91 Å². The van der Waals surface area contributed by atoms with E-state index < -0.39 is 5.82 Å². The average molecular weight is 321 g/mol. The maximum Gasteiger partial charge on any atom is 0.254 e. The number of hydrogen-bond donors (Lipinski definition) is 2. The smallest absolute Gasteiger partial charge is 0.254 e. The molecule has 1 aromatic carbocycles. The second kappa shape index (κ2) is 7.55. The summed E-state index contributed by atoms with van der Waals surface area (Å²) in [5, 5.41) is 2.54. The molecule has 6 heteroatoms. The number of carbonyl (C=O) groups excluding carboxylic acids is 2. The molecule has 1 unspecified atom stereocenters. The molecule has 2 rings (SSSR count). The molecule has 0 aliphatic carbocycles. The molecule has 0 radical (unpaired) electrons. The zero-order chi connectivity index (χ0) is 17.0. The van der Waals surface area contributed by atoms with Crippen molar-refractivity contribution in [2.75, 3.05) is 18.4 Å². The molecule has 126 valence electrons. The van der Waals surface area contributed by atoms with Crippen LogP contribution >= 0.6 is 0 Å². The summed E-state index contributed by atoms with van der Waals surface area (Å²) in [5.74, 6) is -0.865. The van der Waals surface area contributed by atoms with Gasteiger partial charge >= 0.3 is 0 Å². The first-order chi connectivity index (χ1) is 10.9. The minimum Gasteiger partial charge on any atom is -0.337 e. The third-order valence-electron chi connectivity index (χ3n) is 3.83. The van der Waals surface area contributed by atoms with Gasteiger partial charge in [0.15, 0.2) is 0 Å². The Hall–Kier alpha value is -1.95. The topological polar surface area (TPSA) is 75.4 Å². The maximum absolute atomic E-state index is 14.1. The molecular weight excluding hydrogens is 297 g/mol. The molecule has 1 heterocycles. The second-order valence-electron chi connectivity index (χ2n) is 6.49. The van der Waals surface area contributed by atoms with Crippen LogP contribution in [0, 0.1) is 11.7 Å². The predicted octanol–water partition coefficient (Wildman–Crippen LogP) is 2.37. The van der Waals surface area contributed by atoms with Crippen LogP contribution in [0.3, 0.4) is 0 Å². The lowest BCUT2D eigenvalue weighted by atomic mass is 10.0. The van der Waals surface area contributed by atoms with Crippen LogP contribution in [0.25, 0.3) is 0 Å². The Labute approximate surface area is 136 Å². The van der Waals surface area contributed by atoms with Gasteiger partial charge in [-0.05, 0) is 37.0 Å². The van der Waals surface area contributed by atoms with Gasteiger partial charge in [0, 0.05) is 31.1 Å². The van der Waals surface area contributed by atoms with Gasteiger partial charge in [0.05, 0.1) is 5.69 Å². The monoisotopic (exact) mass is 321 g/mol. The first-order valence-corrected chi connectivity index (χ1v) is 8.01. The number of likely N-dealkylation sites (tertiary alicyclic amines) is 1. The molecule has 23 heavy (non-hydrogen) atoms. The number of nitrogens with one attached hydrogen (secondary N) is 1. The summed E-state index contributed by atoms with van der Waals surface area (Å²) in [6.45, 7) is 4.97. The van der Waals surface area contributed by atoms with Crippen molar-refractivity contribution >= 4 is 17.5 Å². The van der Waals surface area contributed by atoms with E-state index in [4.69, 9.17) is 5.73 Å². The number of amides is 2. The van der Waals surface area contributed by atoms with Gasteiger partial charge in [-0.25, -0.2) is 4.39 Å². The summed E-state index contributed by atoms with van der Waals surface area (Å²) in [5.41, 5.74) is 6.25. The van der Waals surface area contributed by atoms with Crippen molar-refractivity contribution < 1.29 is 14.0 Å². The highest BCUT2D eigenvalue weighted by Gasteiger charge is 2.23. The number of anilines is 1. The normalized spacial score (nSPS) is 18.1. The lowest BCUT2D eigenvalue weighted by molar-refractivity contribution is -0.116. The van der Waals surface area contributed by atoms with Crippen molar-refractivity contribution in [2.45, 2.75) is 39.2 Å². The van der Waals surface area contributed by atoms with Crippen LogP contribution < -0.4 is 11.1 Å². The number of rotatable bonds is 4. The van der Waals surface area contributed by atoms with Crippen molar-refractivity contribution in [1.29, 1.82) is 0 Å². The van der Waals surface area contributed by atoms with Crippen LogP contribution in [-0.4, -0.2) is 35.8 Å². The summed E-state index contributed by atoms with van der Waals surface area (Å²) in [6.07, 6.45) is 2.09. The van der Waals surface area contributed by atoms with E-state index in [1.165, 1.54) is 18.2 Å². The number of nitrogens with zero attached hydrogens (tertiary/aromatic N) is 1. The largest absolute Gasteiger partial charge is 0.337 e. The molecule has 0 bridgehead atoms. The van der Waals surface area contributed by atoms with Crippen molar-refractivity contribution in [2.24, 2.45) is 11.7 Å². The molecule has 5 nitrogen and oxygen atoms in total. The summed E-state index contributed by atoms with van der Waals surface area (Å²) in [4.78, 5) is 25.8. The van der Waals surface area contributed by atoms with Gasteiger partial charge in [0.2, 0.25) is 5.91 Å². The van der Waals surface area contributed by atoms with E-state index in [-0.39, 0.29) is 35.0 Å². The fourth-order valence-electron chi connectivity index (χ4n) is 2.70. The van der Waals surface area contributed by atoms with E-state index in [9.17, 15) is 14.0 Å². The van der Waals surface area contributed by atoms with Crippen LogP contribution in [0.2, 0.25) is 0 Å². The first kappa shape index (κ1) is 17.4. The van der Waals surface area contributed by atoms with Crippen LogP contribution in [0.5, 0.6) is 0 Å². The highest BCUT2D eigenvalue weighted by atomic mass is 19.1.